The maximum absolute atomic E-state index is 12.2. The summed E-state index contributed by atoms with van der Waals surface area (Å²) in [6.07, 6.45) is 0.757. The minimum atomic E-state index is -0.584. The van der Waals surface area contributed by atoms with Crippen molar-refractivity contribution in [3.8, 4) is 5.75 Å². The molecule has 0 bridgehead atoms. The molecule has 1 amide bonds. The van der Waals surface area contributed by atoms with Crippen molar-refractivity contribution in [2.75, 3.05) is 14.2 Å². The fraction of sp³-hybridized carbons (Fsp3) is 0.385. The Labute approximate surface area is 105 Å². The van der Waals surface area contributed by atoms with Crippen LogP contribution in [0.4, 0.5) is 4.79 Å². The lowest BCUT2D eigenvalue weighted by atomic mass is 9.87. The van der Waals surface area contributed by atoms with E-state index in [9.17, 15) is 9.59 Å². The van der Waals surface area contributed by atoms with Crippen molar-refractivity contribution in [2.24, 2.45) is 0 Å². The number of nitrogens with one attached hydrogen (secondary N) is 1. The Morgan fingerprint density at radius 2 is 2.17 bits per heavy atom. The first-order chi connectivity index (χ1) is 8.65. The number of methoxy groups -OCH3 is 2. The predicted octanol–water partition coefficient (Wildman–Crippen LogP) is 1.55. The highest BCUT2D eigenvalue weighted by Crippen LogP contribution is 2.25. The molecule has 96 valence electrons. The molecule has 1 atom stereocenters. The molecule has 5 nitrogen and oxygen atoms in total. The Hall–Kier alpha value is -2.04. The van der Waals surface area contributed by atoms with Crippen molar-refractivity contribution in [1.82, 2.24) is 5.32 Å². The number of carbonyl (C=O) groups is 2. The van der Waals surface area contributed by atoms with Crippen LogP contribution in [0.1, 0.15) is 22.3 Å². The summed E-state index contributed by atoms with van der Waals surface area (Å²) >= 11 is 0. The number of amides is 1. The Morgan fingerprint density at radius 1 is 1.39 bits per heavy atom. The average molecular weight is 249 g/mol. The maximum atomic E-state index is 12.2. The molecule has 0 heterocycles. The molecule has 1 aliphatic rings. The van der Waals surface area contributed by atoms with E-state index >= 15 is 0 Å². The highest BCUT2D eigenvalue weighted by atomic mass is 16.5. The maximum Gasteiger partial charge on any atom is 0.407 e. The SMILES string of the molecule is COC(=O)NC1CCc2ccc(OC)cc2C1=O. The molecule has 0 radical (unpaired) electrons. The lowest BCUT2D eigenvalue weighted by Gasteiger charge is -2.23. The minimum Gasteiger partial charge on any atom is -0.497 e. The van der Waals surface area contributed by atoms with Gasteiger partial charge in [-0.05, 0) is 30.5 Å². The lowest BCUT2D eigenvalue weighted by molar-refractivity contribution is 0.0915. The van der Waals surface area contributed by atoms with Crippen LogP contribution in [-0.2, 0) is 11.2 Å². The van der Waals surface area contributed by atoms with Crippen molar-refractivity contribution < 1.29 is 19.1 Å². The van der Waals surface area contributed by atoms with Crippen molar-refractivity contribution in [2.45, 2.75) is 18.9 Å². The van der Waals surface area contributed by atoms with Gasteiger partial charge in [0.05, 0.1) is 20.3 Å². The number of hydrogen-bond donors (Lipinski definition) is 1. The second-order valence-corrected chi connectivity index (χ2v) is 4.11. The molecule has 18 heavy (non-hydrogen) atoms. The number of benzene rings is 1. The van der Waals surface area contributed by atoms with Crippen LogP contribution >= 0.6 is 0 Å². The van der Waals surface area contributed by atoms with Gasteiger partial charge in [0, 0.05) is 5.56 Å². The van der Waals surface area contributed by atoms with Gasteiger partial charge in [-0.1, -0.05) is 6.07 Å². The minimum absolute atomic E-state index is 0.0967. The van der Waals surface area contributed by atoms with Gasteiger partial charge in [-0.25, -0.2) is 4.79 Å². The highest BCUT2D eigenvalue weighted by molar-refractivity contribution is 6.03. The average Bonchev–Trinajstić information content (AvgIpc) is 2.41. The molecule has 0 spiro atoms. The Balaban J connectivity index is 2.23. The number of rotatable bonds is 2. The van der Waals surface area contributed by atoms with Gasteiger partial charge < -0.3 is 14.8 Å². The second kappa shape index (κ2) is 5.08. The summed E-state index contributed by atoms with van der Waals surface area (Å²) in [6, 6.07) is 4.92. The number of ether oxygens (including phenoxy) is 2. The van der Waals surface area contributed by atoms with E-state index in [4.69, 9.17) is 4.74 Å². The summed E-state index contributed by atoms with van der Waals surface area (Å²) in [5, 5.41) is 2.55. The number of hydrogen-bond acceptors (Lipinski definition) is 4. The van der Waals surface area contributed by atoms with E-state index in [0.717, 1.165) is 12.0 Å². The lowest BCUT2D eigenvalue weighted by Crippen LogP contribution is -2.43. The van der Waals surface area contributed by atoms with Crippen LogP contribution in [0.2, 0.25) is 0 Å². The summed E-state index contributed by atoms with van der Waals surface area (Å²) in [5.41, 5.74) is 1.60. The number of aryl methyl sites for hydroxylation is 1. The van der Waals surface area contributed by atoms with Crippen LogP contribution in [-0.4, -0.2) is 32.1 Å². The summed E-state index contributed by atoms with van der Waals surface area (Å²) in [4.78, 5) is 23.4. The third-order valence-electron chi connectivity index (χ3n) is 3.08. The molecule has 1 aromatic rings. The van der Waals surface area contributed by atoms with Crippen molar-refractivity contribution in [1.29, 1.82) is 0 Å². The molecule has 1 unspecified atom stereocenters. The summed E-state index contributed by atoms with van der Waals surface area (Å²) in [5.74, 6) is 0.543. The standard InChI is InChI=1S/C13H15NO4/c1-17-9-5-3-8-4-6-11(14-13(16)18-2)12(15)10(8)7-9/h3,5,7,11H,4,6H2,1-2H3,(H,14,16). The van der Waals surface area contributed by atoms with Gasteiger partial charge in [-0.2, -0.15) is 0 Å². The fourth-order valence-corrected chi connectivity index (χ4v) is 2.09. The summed E-state index contributed by atoms with van der Waals surface area (Å²) < 4.78 is 9.61. The zero-order valence-corrected chi connectivity index (χ0v) is 10.4. The topological polar surface area (TPSA) is 64.6 Å². The van der Waals surface area contributed by atoms with E-state index in [2.05, 4.69) is 10.1 Å². The molecule has 1 aliphatic carbocycles. The molecule has 0 aromatic heterocycles. The molecule has 5 heteroatoms. The number of Topliss-reactive ketones (excluding diaryl/α,β-unsaturated/α-hetero) is 1. The van der Waals surface area contributed by atoms with E-state index in [-0.39, 0.29) is 5.78 Å². The smallest absolute Gasteiger partial charge is 0.407 e. The molecular formula is C13H15NO4. The molecule has 1 N–H and O–H groups in total. The number of carbonyl (C=O) groups excluding carboxylic acids is 2. The zero-order chi connectivity index (χ0) is 13.1. The van der Waals surface area contributed by atoms with Crippen LogP contribution < -0.4 is 10.1 Å². The Kier molecular flexibility index (Phi) is 3.50. The first-order valence-corrected chi connectivity index (χ1v) is 5.71. The molecule has 2 rings (SSSR count). The van der Waals surface area contributed by atoms with Gasteiger partial charge >= 0.3 is 6.09 Å². The Morgan fingerprint density at radius 3 is 2.83 bits per heavy atom. The molecule has 0 aliphatic heterocycles. The van der Waals surface area contributed by atoms with Gasteiger partial charge in [-0.15, -0.1) is 0 Å². The van der Waals surface area contributed by atoms with Gasteiger partial charge in [0.2, 0.25) is 0 Å². The summed E-state index contributed by atoms with van der Waals surface area (Å²) in [6.45, 7) is 0. The third-order valence-corrected chi connectivity index (χ3v) is 3.08. The van der Waals surface area contributed by atoms with Crippen LogP contribution in [0, 0.1) is 0 Å². The molecule has 0 fully saturated rings. The van der Waals surface area contributed by atoms with E-state index in [1.807, 2.05) is 12.1 Å². The Bertz CT molecular complexity index is 484. The number of fused-ring (bicyclic) bond motifs is 1. The van der Waals surface area contributed by atoms with E-state index < -0.39 is 12.1 Å². The fourth-order valence-electron chi connectivity index (χ4n) is 2.09. The van der Waals surface area contributed by atoms with E-state index in [0.29, 0.717) is 17.7 Å². The van der Waals surface area contributed by atoms with Crippen molar-refractivity contribution in [3.63, 3.8) is 0 Å². The monoisotopic (exact) mass is 249 g/mol. The molecule has 0 saturated heterocycles. The first-order valence-electron chi connectivity index (χ1n) is 5.71. The van der Waals surface area contributed by atoms with Crippen LogP contribution in [0.5, 0.6) is 5.75 Å². The number of ketones is 1. The second-order valence-electron chi connectivity index (χ2n) is 4.11. The van der Waals surface area contributed by atoms with E-state index in [1.54, 1.807) is 13.2 Å². The molecular weight excluding hydrogens is 234 g/mol. The van der Waals surface area contributed by atoms with Crippen LogP contribution in [0.15, 0.2) is 18.2 Å². The zero-order valence-electron chi connectivity index (χ0n) is 10.4. The van der Waals surface area contributed by atoms with Crippen molar-refractivity contribution in [3.05, 3.63) is 29.3 Å². The summed E-state index contributed by atoms with van der Waals surface area (Å²) in [7, 11) is 2.83. The third kappa shape index (κ3) is 2.30. The van der Waals surface area contributed by atoms with Gasteiger partial charge in [0.25, 0.3) is 0 Å². The highest BCUT2D eigenvalue weighted by Gasteiger charge is 2.29. The number of alkyl carbamates (subject to hydrolysis) is 1. The van der Waals surface area contributed by atoms with Gasteiger partial charge in [0.15, 0.2) is 5.78 Å². The largest absolute Gasteiger partial charge is 0.497 e. The van der Waals surface area contributed by atoms with Crippen LogP contribution in [0.3, 0.4) is 0 Å². The first kappa shape index (κ1) is 12.4. The van der Waals surface area contributed by atoms with Gasteiger partial charge in [-0.3, -0.25) is 4.79 Å². The molecule has 0 saturated carbocycles. The van der Waals surface area contributed by atoms with Crippen LogP contribution in [0.25, 0.3) is 0 Å². The van der Waals surface area contributed by atoms with Gasteiger partial charge in [0.1, 0.15) is 5.75 Å². The molecule has 1 aromatic carbocycles. The quantitative estimate of drug-likeness (QED) is 0.863. The van der Waals surface area contributed by atoms with E-state index in [1.165, 1.54) is 7.11 Å². The normalized spacial score (nSPS) is 17.9. The van der Waals surface area contributed by atoms with Crippen molar-refractivity contribution >= 4 is 11.9 Å². The predicted molar refractivity (Wildman–Crippen MR) is 65.0 cm³/mol.